The van der Waals surface area contributed by atoms with Crippen molar-refractivity contribution >= 4 is 11.9 Å². The highest BCUT2D eigenvalue weighted by Crippen LogP contribution is 2.11. The number of rotatable bonds is 13. The Hall–Kier alpha value is -1.10. The van der Waals surface area contributed by atoms with Crippen LogP contribution in [0.3, 0.4) is 0 Å². The lowest BCUT2D eigenvalue weighted by Gasteiger charge is -2.01. The van der Waals surface area contributed by atoms with Crippen molar-refractivity contribution in [3.05, 3.63) is 0 Å². The molecule has 0 saturated carbocycles. The summed E-state index contributed by atoms with van der Waals surface area (Å²) < 4.78 is 4.94. The Balaban J connectivity index is 0.000000809. The maximum Gasteiger partial charge on any atom is 0.303 e. The van der Waals surface area contributed by atoms with Gasteiger partial charge in [-0.05, 0) is 25.7 Å². The molecule has 0 bridgehead atoms. The highest BCUT2D eigenvalue weighted by molar-refractivity contribution is 5.66. The van der Waals surface area contributed by atoms with Crippen LogP contribution in [0.5, 0.6) is 0 Å². The number of ether oxygens (including phenoxy) is 1. The minimum Gasteiger partial charge on any atom is -0.481 e. The molecule has 5 heteroatoms. The predicted octanol–water partition coefficient (Wildman–Crippen LogP) is 4.63. The lowest BCUT2D eigenvalue weighted by Crippen LogP contribution is -1.93. The zero-order valence-corrected chi connectivity index (χ0v) is 14.4. The molecule has 0 aromatic rings. The molecule has 23 heavy (non-hydrogen) atoms. The number of carbonyl (C=O) groups is 2. The molecule has 1 aliphatic heterocycles. The van der Waals surface area contributed by atoms with Gasteiger partial charge in [0.1, 0.15) is 0 Å². The van der Waals surface area contributed by atoms with Crippen molar-refractivity contribution in [2.24, 2.45) is 0 Å². The fourth-order valence-electron chi connectivity index (χ4n) is 2.48. The van der Waals surface area contributed by atoms with Crippen molar-refractivity contribution in [2.45, 2.75) is 89.9 Å². The first kappa shape index (κ1) is 21.9. The van der Waals surface area contributed by atoms with E-state index in [4.69, 9.17) is 14.9 Å². The van der Waals surface area contributed by atoms with E-state index in [1.807, 2.05) is 0 Å². The van der Waals surface area contributed by atoms with E-state index in [0.29, 0.717) is 12.8 Å². The Morgan fingerprint density at radius 1 is 0.609 bits per heavy atom. The maximum atomic E-state index is 10.3. The molecule has 0 aromatic heterocycles. The Morgan fingerprint density at radius 3 is 1.13 bits per heavy atom. The van der Waals surface area contributed by atoms with E-state index in [2.05, 4.69) is 0 Å². The Kier molecular flexibility index (Phi) is 16.4. The topological polar surface area (TPSA) is 83.8 Å². The van der Waals surface area contributed by atoms with E-state index < -0.39 is 11.9 Å². The summed E-state index contributed by atoms with van der Waals surface area (Å²) in [7, 11) is 0. The fraction of sp³-hybridized carbons (Fsp3) is 0.889. The summed E-state index contributed by atoms with van der Waals surface area (Å²) in [4.78, 5) is 20.5. The number of carboxylic acids is 2. The molecule has 1 rings (SSSR count). The molecule has 0 radical (unpaired) electrons. The highest BCUT2D eigenvalue weighted by Gasteiger charge is 1.98. The van der Waals surface area contributed by atoms with Crippen molar-refractivity contribution in [2.75, 3.05) is 13.2 Å². The SMILES string of the molecule is C1CCOC1.O=C(O)CCCCCCCCCCCCC(=O)O. The van der Waals surface area contributed by atoms with Crippen LogP contribution < -0.4 is 0 Å². The monoisotopic (exact) mass is 330 g/mol. The van der Waals surface area contributed by atoms with Crippen molar-refractivity contribution < 1.29 is 24.5 Å². The summed E-state index contributed by atoms with van der Waals surface area (Å²) in [5, 5.41) is 16.9. The van der Waals surface area contributed by atoms with Gasteiger partial charge in [-0.1, -0.05) is 51.4 Å². The second-order valence-corrected chi connectivity index (χ2v) is 6.14. The second-order valence-electron chi connectivity index (χ2n) is 6.14. The van der Waals surface area contributed by atoms with Crippen LogP contribution in [0.2, 0.25) is 0 Å². The van der Waals surface area contributed by atoms with Crippen LogP contribution in [-0.4, -0.2) is 35.4 Å². The zero-order chi connectivity index (χ0) is 17.2. The number of unbranched alkanes of at least 4 members (excludes halogenated alkanes) is 9. The summed E-state index contributed by atoms with van der Waals surface area (Å²) >= 11 is 0. The molecule has 0 spiro atoms. The summed E-state index contributed by atoms with van der Waals surface area (Å²) in [6.45, 7) is 2.00. The zero-order valence-electron chi connectivity index (χ0n) is 14.4. The second kappa shape index (κ2) is 17.3. The summed E-state index contributed by atoms with van der Waals surface area (Å²) in [5.41, 5.74) is 0. The maximum absolute atomic E-state index is 10.3. The van der Waals surface area contributed by atoms with Crippen LogP contribution in [0, 0.1) is 0 Å². The average molecular weight is 330 g/mol. The molecule has 0 aliphatic carbocycles. The molecule has 0 amide bonds. The van der Waals surface area contributed by atoms with Gasteiger partial charge in [0, 0.05) is 26.1 Å². The van der Waals surface area contributed by atoms with Crippen LogP contribution >= 0.6 is 0 Å². The third-order valence-corrected chi connectivity index (χ3v) is 3.86. The summed E-state index contributed by atoms with van der Waals surface area (Å²) in [6, 6.07) is 0. The Labute approximate surface area is 140 Å². The van der Waals surface area contributed by atoms with Crippen LogP contribution in [0.15, 0.2) is 0 Å². The third-order valence-electron chi connectivity index (χ3n) is 3.86. The number of hydrogen-bond acceptors (Lipinski definition) is 3. The standard InChI is InChI=1S/C14H26O4.C4H8O/c15-13(16)11-9-7-5-3-1-2-4-6-8-10-12-14(17)18;1-2-4-5-3-1/h1-12H2,(H,15,16)(H,17,18);1-4H2. The van der Waals surface area contributed by atoms with Gasteiger partial charge in [0.05, 0.1) is 0 Å². The molecule has 1 heterocycles. The molecule has 0 unspecified atom stereocenters. The Bertz CT molecular complexity index is 256. The van der Waals surface area contributed by atoms with Gasteiger partial charge in [-0.2, -0.15) is 0 Å². The molecule has 1 fully saturated rings. The first-order valence-electron chi connectivity index (χ1n) is 9.14. The van der Waals surface area contributed by atoms with Gasteiger partial charge < -0.3 is 14.9 Å². The van der Waals surface area contributed by atoms with Crippen LogP contribution in [-0.2, 0) is 14.3 Å². The number of hydrogen-bond donors (Lipinski definition) is 2. The molecule has 0 aromatic carbocycles. The molecule has 1 aliphatic rings. The van der Waals surface area contributed by atoms with E-state index >= 15 is 0 Å². The van der Waals surface area contributed by atoms with Gasteiger partial charge in [-0.25, -0.2) is 0 Å². The lowest BCUT2D eigenvalue weighted by molar-refractivity contribution is -0.138. The minimum atomic E-state index is -0.698. The van der Waals surface area contributed by atoms with Crippen molar-refractivity contribution in [1.82, 2.24) is 0 Å². The first-order chi connectivity index (χ1) is 11.1. The van der Waals surface area contributed by atoms with Gasteiger partial charge in [0.15, 0.2) is 0 Å². The minimum absolute atomic E-state index is 0.295. The van der Waals surface area contributed by atoms with E-state index in [1.54, 1.807) is 0 Å². The van der Waals surface area contributed by atoms with Crippen molar-refractivity contribution in [3.63, 3.8) is 0 Å². The van der Waals surface area contributed by atoms with E-state index in [9.17, 15) is 9.59 Å². The molecule has 136 valence electrons. The quantitative estimate of drug-likeness (QED) is 0.481. The molecule has 0 atom stereocenters. The highest BCUT2D eigenvalue weighted by atomic mass is 16.5. The largest absolute Gasteiger partial charge is 0.481 e. The third kappa shape index (κ3) is 20.9. The van der Waals surface area contributed by atoms with Crippen molar-refractivity contribution in [3.8, 4) is 0 Å². The van der Waals surface area contributed by atoms with Gasteiger partial charge in [-0.15, -0.1) is 0 Å². The number of aliphatic carboxylic acids is 2. The Morgan fingerprint density at radius 2 is 0.913 bits per heavy atom. The molecular weight excluding hydrogens is 296 g/mol. The van der Waals surface area contributed by atoms with Gasteiger partial charge in [-0.3, -0.25) is 9.59 Å². The van der Waals surface area contributed by atoms with Crippen LogP contribution in [0.4, 0.5) is 0 Å². The predicted molar refractivity (Wildman–Crippen MR) is 90.7 cm³/mol. The average Bonchev–Trinajstić information content (AvgIpc) is 3.07. The smallest absolute Gasteiger partial charge is 0.303 e. The summed E-state index contributed by atoms with van der Waals surface area (Å²) in [6.07, 6.45) is 13.8. The van der Waals surface area contributed by atoms with E-state index in [0.717, 1.165) is 51.7 Å². The van der Waals surface area contributed by atoms with E-state index in [-0.39, 0.29) is 0 Å². The van der Waals surface area contributed by atoms with Gasteiger partial charge >= 0.3 is 11.9 Å². The molecule has 5 nitrogen and oxygen atoms in total. The van der Waals surface area contributed by atoms with Crippen molar-refractivity contribution in [1.29, 1.82) is 0 Å². The van der Waals surface area contributed by atoms with Crippen LogP contribution in [0.25, 0.3) is 0 Å². The van der Waals surface area contributed by atoms with E-state index in [1.165, 1.54) is 38.5 Å². The number of carboxylic acid groups (broad SMARTS) is 2. The normalized spacial score (nSPS) is 13.4. The van der Waals surface area contributed by atoms with Gasteiger partial charge in [0.2, 0.25) is 0 Å². The molecular formula is C18H34O5. The fourth-order valence-corrected chi connectivity index (χ4v) is 2.48. The van der Waals surface area contributed by atoms with Crippen LogP contribution in [0.1, 0.15) is 89.9 Å². The lowest BCUT2D eigenvalue weighted by atomic mass is 10.1. The molecule has 1 saturated heterocycles. The first-order valence-corrected chi connectivity index (χ1v) is 9.14. The van der Waals surface area contributed by atoms with Gasteiger partial charge in [0.25, 0.3) is 0 Å². The summed E-state index contributed by atoms with van der Waals surface area (Å²) in [5.74, 6) is -1.40. The molecule has 2 N–H and O–H groups in total.